The molecule has 2 N–H and O–H groups in total. The van der Waals surface area contributed by atoms with Crippen LogP contribution in [0.4, 0.5) is 0 Å². The number of ether oxygens (including phenoxy) is 1. The van der Waals surface area contributed by atoms with Gasteiger partial charge in [-0.15, -0.1) is 0 Å². The summed E-state index contributed by atoms with van der Waals surface area (Å²) < 4.78 is 5.11. The van der Waals surface area contributed by atoms with Gasteiger partial charge in [-0.3, -0.25) is 4.79 Å². The van der Waals surface area contributed by atoms with Gasteiger partial charge in [-0.1, -0.05) is 13.8 Å². The number of nitrogens with one attached hydrogen (secondary N) is 1. The van der Waals surface area contributed by atoms with Crippen LogP contribution in [0.2, 0.25) is 0 Å². The second-order valence-corrected chi connectivity index (χ2v) is 6.10. The standard InChI is InChI=1S/C13H27NO3S/c1-5-14-13(4,12(16)17-6-2)8-7-9-18-11(3)10-15/h11,14-15H,5-10H2,1-4H3. The first-order chi connectivity index (χ1) is 8.50. The molecule has 0 heterocycles. The third-order valence-electron chi connectivity index (χ3n) is 2.77. The average Bonchev–Trinajstić information content (AvgIpc) is 2.35. The van der Waals surface area contributed by atoms with E-state index in [2.05, 4.69) is 5.32 Å². The molecule has 0 aromatic carbocycles. The number of carbonyl (C=O) groups excluding carboxylic acids is 1. The van der Waals surface area contributed by atoms with Crippen LogP contribution >= 0.6 is 11.8 Å². The van der Waals surface area contributed by atoms with Crippen LogP contribution in [0.15, 0.2) is 0 Å². The predicted octanol–water partition coefficient (Wildman–Crippen LogP) is 1.81. The molecule has 108 valence electrons. The molecule has 0 rings (SSSR count). The topological polar surface area (TPSA) is 58.6 Å². The minimum Gasteiger partial charge on any atom is -0.465 e. The molecule has 0 saturated heterocycles. The summed E-state index contributed by atoms with van der Waals surface area (Å²) in [5, 5.41) is 12.4. The lowest BCUT2D eigenvalue weighted by atomic mass is 9.96. The number of aliphatic hydroxyl groups excluding tert-OH is 1. The normalized spacial score (nSPS) is 16.1. The molecule has 2 unspecified atom stereocenters. The summed E-state index contributed by atoms with van der Waals surface area (Å²) in [5.74, 6) is 0.773. The smallest absolute Gasteiger partial charge is 0.326 e. The van der Waals surface area contributed by atoms with Gasteiger partial charge in [-0.05, 0) is 39.0 Å². The number of esters is 1. The van der Waals surface area contributed by atoms with Crippen LogP contribution < -0.4 is 5.32 Å². The number of carbonyl (C=O) groups is 1. The van der Waals surface area contributed by atoms with Crippen molar-refractivity contribution in [3.8, 4) is 0 Å². The Kier molecular flexibility index (Phi) is 9.50. The van der Waals surface area contributed by atoms with Crippen molar-refractivity contribution in [3.05, 3.63) is 0 Å². The second kappa shape index (κ2) is 9.64. The third kappa shape index (κ3) is 6.61. The Morgan fingerprint density at radius 1 is 1.50 bits per heavy atom. The molecule has 0 saturated carbocycles. The van der Waals surface area contributed by atoms with Gasteiger partial charge in [0.1, 0.15) is 5.54 Å². The van der Waals surface area contributed by atoms with Gasteiger partial charge in [0.2, 0.25) is 0 Å². The molecule has 0 amide bonds. The maximum Gasteiger partial charge on any atom is 0.326 e. The Morgan fingerprint density at radius 2 is 2.17 bits per heavy atom. The summed E-state index contributed by atoms with van der Waals surface area (Å²) in [6.07, 6.45) is 1.68. The highest BCUT2D eigenvalue weighted by Crippen LogP contribution is 2.19. The molecule has 0 fully saturated rings. The Balaban J connectivity index is 4.14. The lowest BCUT2D eigenvalue weighted by Crippen LogP contribution is -2.50. The van der Waals surface area contributed by atoms with Crippen LogP contribution in [0.1, 0.15) is 40.5 Å². The fourth-order valence-corrected chi connectivity index (χ4v) is 2.52. The van der Waals surface area contributed by atoms with Gasteiger partial charge in [0.05, 0.1) is 13.2 Å². The summed E-state index contributed by atoms with van der Waals surface area (Å²) in [6, 6.07) is 0. The number of hydrogen-bond acceptors (Lipinski definition) is 5. The molecule has 0 aromatic heterocycles. The summed E-state index contributed by atoms with van der Waals surface area (Å²) in [4.78, 5) is 11.9. The quantitative estimate of drug-likeness (QED) is 0.471. The monoisotopic (exact) mass is 277 g/mol. The van der Waals surface area contributed by atoms with Gasteiger partial charge in [0.15, 0.2) is 0 Å². The summed E-state index contributed by atoms with van der Waals surface area (Å²) in [5.41, 5.74) is -0.590. The molecule has 2 atom stereocenters. The van der Waals surface area contributed by atoms with Gasteiger partial charge in [0, 0.05) is 5.25 Å². The van der Waals surface area contributed by atoms with Crippen molar-refractivity contribution in [2.75, 3.05) is 25.5 Å². The second-order valence-electron chi connectivity index (χ2n) is 4.55. The zero-order valence-corrected chi connectivity index (χ0v) is 12.8. The Hall–Kier alpha value is -0.260. The molecule has 0 aromatic rings. The first kappa shape index (κ1) is 17.7. The van der Waals surface area contributed by atoms with Crippen LogP contribution in [-0.4, -0.2) is 47.4 Å². The van der Waals surface area contributed by atoms with Crippen LogP contribution in [0, 0.1) is 0 Å². The molecule has 0 radical (unpaired) electrons. The van der Waals surface area contributed by atoms with Crippen molar-refractivity contribution >= 4 is 17.7 Å². The van der Waals surface area contributed by atoms with E-state index in [0.29, 0.717) is 6.61 Å². The predicted molar refractivity (Wildman–Crippen MR) is 77.0 cm³/mol. The van der Waals surface area contributed by atoms with E-state index in [1.807, 2.05) is 27.7 Å². The van der Waals surface area contributed by atoms with Crippen molar-refractivity contribution in [3.63, 3.8) is 0 Å². The van der Waals surface area contributed by atoms with E-state index >= 15 is 0 Å². The first-order valence-electron chi connectivity index (χ1n) is 6.64. The van der Waals surface area contributed by atoms with Crippen LogP contribution in [-0.2, 0) is 9.53 Å². The molecule has 0 aliphatic carbocycles. The number of hydrogen-bond donors (Lipinski definition) is 2. The third-order valence-corrected chi connectivity index (χ3v) is 4.02. The summed E-state index contributed by atoms with van der Waals surface area (Å²) in [6.45, 7) is 9.07. The van der Waals surface area contributed by atoms with Crippen molar-refractivity contribution in [1.29, 1.82) is 0 Å². The van der Waals surface area contributed by atoms with E-state index in [4.69, 9.17) is 9.84 Å². The van der Waals surface area contributed by atoms with Gasteiger partial charge < -0.3 is 15.2 Å². The maximum absolute atomic E-state index is 11.9. The van der Waals surface area contributed by atoms with Gasteiger partial charge >= 0.3 is 5.97 Å². The zero-order chi connectivity index (χ0) is 14.0. The Labute approximate surface area is 115 Å². The SMILES string of the molecule is CCNC(C)(CCCSC(C)CO)C(=O)OCC. The number of likely N-dealkylation sites (N-methyl/N-ethyl adjacent to an activating group) is 1. The van der Waals surface area contributed by atoms with E-state index in [0.717, 1.165) is 25.1 Å². The molecule has 0 aliphatic heterocycles. The minimum absolute atomic E-state index is 0.174. The zero-order valence-electron chi connectivity index (χ0n) is 12.0. The number of rotatable bonds is 10. The van der Waals surface area contributed by atoms with Crippen LogP contribution in [0.5, 0.6) is 0 Å². The number of thioether (sulfide) groups is 1. The van der Waals surface area contributed by atoms with Gasteiger partial charge in [0.25, 0.3) is 0 Å². The molecule has 0 aliphatic rings. The highest BCUT2D eigenvalue weighted by Gasteiger charge is 2.32. The molecule has 18 heavy (non-hydrogen) atoms. The molecular weight excluding hydrogens is 250 g/mol. The van der Waals surface area contributed by atoms with Crippen LogP contribution in [0.25, 0.3) is 0 Å². The summed E-state index contributed by atoms with van der Waals surface area (Å²) in [7, 11) is 0. The van der Waals surface area contributed by atoms with E-state index < -0.39 is 5.54 Å². The van der Waals surface area contributed by atoms with Gasteiger partial charge in [-0.2, -0.15) is 11.8 Å². The highest BCUT2D eigenvalue weighted by atomic mass is 32.2. The Bertz CT molecular complexity index is 238. The fourth-order valence-electron chi connectivity index (χ4n) is 1.71. The van der Waals surface area contributed by atoms with E-state index in [-0.39, 0.29) is 17.8 Å². The molecule has 0 spiro atoms. The summed E-state index contributed by atoms with van der Waals surface area (Å²) >= 11 is 1.73. The van der Waals surface area contributed by atoms with Crippen molar-refractivity contribution in [2.45, 2.75) is 51.3 Å². The van der Waals surface area contributed by atoms with Crippen molar-refractivity contribution in [2.24, 2.45) is 0 Å². The van der Waals surface area contributed by atoms with Gasteiger partial charge in [-0.25, -0.2) is 0 Å². The molecule has 0 bridgehead atoms. The van der Waals surface area contributed by atoms with Crippen molar-refractivity contribution in [1.82, 2.24) is 5.32 Å². The largest absolute Gasteiger partial charge is 0.465 e. The number of aliphatic hydroxyl groups is 1. The molecular formula is C13H27NO3S. The van der Waals surface area contributed by atoms with E-state index in [1.54, 1.807) is 11.8 Å². The maximum atomic E-state index is 11.9. The van der Waals surface area contributed by atoms with Crippen molar-refractivity contribution < 1.29 is 14.6 Å². The fraction of sp³-hybridized carbons (Fsp3) is 0.923. The lowest BCUT2D eigenvalue weighted by molar-refractivity contribution is -0.150. The highest BCUT2D eigenvalue weighted by molar-refractivity contribution is 7.99. The lowest BCUT2D eigenvalue weighted by Gasteiger charge is -2.28. The first-order valence-corrected chi connectivity index (χ1v) is 7.69. The van der Waals surface area contributed by atoms with Crippen LogP contribution in [0.3, 0.4) is 0 Å². The minimum atomic E-state index is -0.590. The molecule has 5 heteroatoms. The Morgan fingerprint density at radius 3 is 2.67 bits per heavy atom. The van der Waals surface area contributed by atoms with E-state index in [1.165, 1.54) is 0 Å². The van der Waals surface area contributed by atoms with E-state index in [9.17, 15) is 4.79 Å². The average molecular weight is 277 g/mol. The molecule has 4 nitrogen and oxygen atoms in total.